The number of nitrogens with zero attached hydrogens (tertiary/aromatic N) is 3. The third kappa shape index (κ3) is 3.82. The number of aliphatic hydroxyl groups is 1. The first-order valence-electron chi connectivity index (χ1n) is 8.77. The number of amides is 2. The summed E-state index contributed by atoms with van der Waals surface area (Å²) < 4.78 is 2.13. The molecule has 2 heterocycles. The van der Waals surface area contributed by atoms with Crippen molar-refractivity contribution in [2.24, 2.45) is 0 Å². The molecule has 7 nitrogen and oxygen atoms in total. The van der Waals surface area contributed by atoms with Crippen molar-refractivity contribution < 1.29 is 9.90 Å². The number of hydrogen-bond donors (Lipinski definition) is 3. The van der Waals surface area contributed by atoms with Gasteiger partial charge in [-0.25, -0.2) is 4.79 Å². The number of rotatable bonds is 6. The number of hydrogen-bond acceptors (Lipinski definition) is 4. The lowest BCUT2D eigenvalue weighted by Gasteiger charge is -2.28. The largest absolute Gasteiger partial charge is 0.394 e. The van der Waals surface area contributed by atoms with Crippen LogP contribution in [0.2, 0.25) is 0 Å². The van der Waals surface area contributed by atoms with Crippen LogP contribution in [0.25, 0.3) is 11.4 Å². The summed E-state index contributed by atoms with van der Waals surface area (Å²) in [7, 11) is 0. The molecule has 3 rings (SSSR count). The van der Waals surface area contributed by atoms with Crippen molar-refractivity contribution in [2.45, 2.75) is 51.6 Å². The molecule has 0 fully saturated rings. The number of carbonyl (C=O) groups excluding carboxylic acids is 1. The fourth-order valence-electron chi connectivity index (χ4n) is 3.27. The normalized spacial score (nSPS) is 15.5. The second kappa shape index (κ2) is 7.23. The molecule has 1 aliphatic rings. The first-order valence-corrected chi connectivity index (χ1v) is 8.77. The van der Waals surface area contributed by atoms with Gasteiger partial charge in [0.05, 0.1) is 12.1 Å². The van der Waals surface area contributed by atoms with E-state index in [1.165, 1.54) is 0 Å². The summed E-state index contributed by atoms with van der Waals surface area (Å²) in [5, 5.41) is 23.7. The number of nitrogens with one attached hydrogen (secondary N) is 2. The quantitative estimate of drug-likeness (QED) is 0.751. The van der Waals surface area contributed by atoms with Crippen LogP contribution >= 0.6 is 0 Å². The van der Waals surface area contributed by atoms with E-state index in [0.29, 0.717) is 12.1 Å². The third-order valence-corrected chi connectivity index (χ3v) is 4.55. The molecule has 1 aromatic heterocycles. The van der Waals surface area contributed by atoms with E-state index in [1.54, 1.807) is 0 Å². The number of aromatic nitrogens is 3. The molecular formula is C18H25N5O2. The van der Waals surface area contributed by atoms with E-state index >= 15 is 0 Å². The van der Waals surface area contributed by atoms with Crippen LogP contribution in [0.4, 0.5) is 10.5 Å². The summed E-state index contributed by atoms with van der Waals surface area (Å²) in [6.07, 6.45) is 3.65. The minimum absolute atomic E-state index is 0.0970. The van der Waals surface area contributed by atoms with Crippen molar-refractivity contribution >= 4 is 11.7 Å². The number of urea groups is 1. The lowest BCUT2D eigenvalue weighted by Crippen LogP contribution is -2.50. The Labute approximate surface area is 147 Å². The molecule has 25 heavy (non-hydrogen) atoms. The van der Waals surface area contributed by atoms with Crippen LogP contribution in [-0.2, 0) is 13.0 Å². The Morgan fingerprint density at radius 2 is 2.24 bits per heavy atom. The van der Waals surface area contributed by atoms with Crippen molar-refractivity contribution in [1.29, 1.82) is 0 Å². The van der Waals surface area contributed by atoms with Gasteiger partial charge in [-0.1, -0.05) is 25.5 Å². The topological polar surface area (TPSA) is 92.1 Å². The van der Waals surface area contributed by atoms with Gasteiger partial charge >= 0.3 is 6.03 Å². The molecule has 0 aliphatic carbocycles. The van der Waals surface area contributed by atoms with E-state index in [9.17, 15) is 9.90 Å². The maximum atomic E-state index is 12.3. The summed E-state index contributed by atoms with van der Waals surface area (Å²) in [6.45, 7) is 4.70. The van der Waals surface area contributed by atoms with Crippen LogP contribution < -0.4 is 10.6 Å². The predicted molar refractivity (Wildman–Crippen MR) is 96.3 cm³/mol. The van der Waals surface area contributed by atoms with E-state index in [0.717, 1.165) is 43.0 Å². The Bertz CT molecular complexity index is 758. The van der Waals surface area contributed by atoms with Gasteiger partial charge in [-0.05, 0) is 31.9 Å². The number of aliphatic hydroxyl groups excluding tert-OH is 1. The summed E-state index contributed by atoms with van der Waals surface area (Å²) in [5.74, 6) is 1.85. The zero-order valence-corrected chi connectivity index (χ0v) is 14.7. The van der Waals surface area contributed by atoms with E-state index in [2.05, 4.69) is 25.4 Å². The molecule has 134 valence electrons. The zero-order valence-electron chi connectivity index (χ0n) is 14.7. The van der Waals surface area contributed by atoms with Crippen molar-refractivity contribution in [1.82, 2.24) is 20.1 Å². The van der Waals surface area contributed by atoms with Crippen molar-refractivity contribution in [3.8, 4) is 11.4 Å². The summed E-state index contributed by atoms with van der Waals surface area (Å²) >= 11 is 0. The van der Waals surface area contributed by atoms with Gasteiger partial charge in [-0.2, -0.15) is 0 Å². The number of benzene rings is 1. The highest BCUT2D eigenvalue weighted by atomic mass is 16.3. The van der Waals surface area contributed by atoms with Crippen LogP contribution in [0.1, 0.15) is 38.9 Å². The van der Waals surface area contributed by atoms with E-state index < -0.39 is 5.54 Å². The number of aryl methyl sites for hydroxylation is 1. The highest BCUT2D eigenvalue weighted by molar-refractivity contribution is 5.90. The molecule has 0 radical (unpaired) electrons. The molecule has 1 atom stereocenters. The molecule has 3 N–H and O–H groups in total. The van der Waals surface area contributed by atoms with Crippen molar-refractivity contribution in [3.63, 3.8) is 0 Å². The van der Waals surface area contributed by atoms with Gasteiger partial charge in [0.25, 0.3) is 0 Å². The van der Waals surface area contributed by atoms with Crippen LogP contribution in [-0.4, -0.2) is 38.0 Å². The minimum Gasteiger partial charge on any atom is -0.394 e. The molecule has 1 aliphatic heterocycles. The number of carbonyl (C=O) groups is 1. The molecular weight excluding hydrogens is 318 g/mol. The van der Waals surface area contributed by atoms with Crippen LogP contribution in [0, 0.1) is 0 Å². The lowest BCUT2D eigenvalue weighted by atomic mass is 9.98. The van der Waals surface area contributed by atoms with Crippen LogP contribution in [0.3, 0.4) is 0 Å². The Balaban J connectivity index is 1.72. The summed E-state index contributed by atoms with van der Waals surface area (Å²) in [6, 6.07) is 7.26. The Hall–Kier alpha value is -2.41. The lowest BCUT2D eigenvalue weighted by molar-refractivity contribution is 0.167. The third-order valence-electron chi connectivity index (χ3n) is 4.55. The SMILES string of the molecule is CCCC(C)(CO)NC(=O)Nc1cccc(-c2nnc3n2CCC3)c1. The van der Waals surface area contributed by atoms with E-state index in [4.69, 9.17) is 0 Å². The molecule has 0 spiro atoms. The molecule has 7 heteroatoms. The first kappa shape index (κ1) is 17.4. The Kier molecular flexibility index (Phi) is 5.03. The van der Waals surface area contributed by atoms with Gasteiger partial charge in [-0.3, -0.25) is 0 Å². The molecule has 0 saturated carbocycles. The van der Waals surface area contributed by atoms with Gasteiger partial charge in [0, 0.05) is 24.2 Å². The van der Waals surface area contributed by atoms with E-state index in [1.807, 2.05) is 38.1 Å². The van der Waals surface area contributed by atoms with Crippen LogP contribution in [0.5, 0.6) is 0 Å². The van der Waals surface area contributed by atoms with Gasteiger partial charge in [-0.15, -0.1) is 10.2 Å². The molecule has 2 amide bonds. The summed E-state index contributed by atoms with van der Waals surface area (Å²) in [4.78, 5) is 12.3. The first-order chi connectivity index (χ1) is 12.0. The second-order valence-electron chi connectivity index (χ2n) is 6.82. The van der Waals surface area contributed by atoms with Crippen LogP contribution in [0.15, 0.2) is 24.3 Å². The van der Waals surface area contributed by atoms with Gasteiger partial charge in [0.15, 0.2) is 5.82 Å². The molecule has 1 unspecified atom stereocenters. The smallest absolute Gasteiger partial charge is 0.319 e. The fourth-order valence-corrected chi connectivity index (χ4v) is 3.27. The van der Waals surface area contributed by atoms with Gasteiger partial charge in [0.2, 0.25) is 0 Å². The fraction of sp³-hybridized carbons (Fsp3) is 0.500. The standard InChI is InChI=1S/C18H25N5O2/c1-3-9-18(2,12-24)20-17(25)19-14-7-4-6-13(11-14)16-22-21-15-8-5-10-23(15)16/h4,6-7,11,24H,3,5,8-10,12H2,1-2H3,(H2,19,20,25). The van der Waals surface area contributed by atoms with E-state index in [-0.39, 0.29) is 12.6 Å². The maximum absolute atomic E-state index is 12.3. The number of anilines is 1. The molecule has 1 aromatic carbocycles. The van der Waals surface area contributed by atoms with Gasteiger partial charge in [0.1, 0.15) is 5.82 Å². The second-order valence-corrected chi connectivity index (χ2v) is 6.82. The molecule has 0 saturated heterocycles. The van der Waals surface area contributed by atoms with Crippen molar-refractivity contribution in [3.05, 3.63) is 30.1 Å². The monoisotopic (exact) mass is 343 g/mol. The molecule has 2 aromatic rings. The zero-order chi connectivity index (χ0) is 17.9. The maximum Gasteiger partial charge on any atom is 0.319 e. The van der Waals surface area contributed by atoms with Gasteiger partial charge < -0.3 is 20.3 Å². The average Bonchev–Trinajstić information content (AvgIpc) is 3.18. The molecule has 0 bridgehead atoms. The van der Waals surface area contributed by atoms with Crippen molar-refractivity contribution in [2.75, 3.05) is 11.9 Å². The Morgan fingerprint density at radius 1 is 1.40 bits per heavy atom. The Morgan fingerprint density at radius 3 is 3.00 bits per heavy atom. The number of fused-ring (bicyclic) bond motifs is 1. The minimum atomic E-state index is -0.621. The average molecular weight is 343 g/mol. The highest BCUT2D eigenvalue weighted by Crippen LogP contribution is 2.25. The predicted octanol–water partition coefficient (Wildman–Crippen LogP) is 2.56. The summed E-state index contributed by atoms with van der Waals surface area (Å²) in [5.41, 5.74) is 0.989. The highest BCUT2D eigenvalue weighted by Gasteiger charge is 2.24.